The van der Waals surface area contributed by atoms with E-state index in [-0.39, 0.29) is 65.5 Å². The fraction of sp³-hybridized carbons (Fsp3) is 0. The summed E-state index contributed by atoms with van der Waals surface area (Å²) in [6.45, 7) is 0. The summed E-state index contributed by atoms with van der Waals surface area (Å²) in [6.07, 6.45) is 0. The Morgan fingerprint density at radius 3 is 0.821 bits per heavy atom. The molecular formula is C112H74. The Morgan fingerprint density at radius 1 is 0.125 bits per heavy atom. The molecule has 0 fully saturated rings. The van der Waals surface area contributed by atoms with E-state index in [2.05, 4.69) is 291 Å². The van der Waals surface area contributed by atoms with Crippen LogP contribution >= 0.6 is 0 Å². The summed E-state index contributed by atoms with van der Waals surface area (Å²) < 4.78 is 84.6. The van der Waals surface area contributed by atoms with E-state index < -0.39 is 6.04 Å². The summed E-state index contributed by atoms with van der Waals surface area (Å²) in [7, 11) is 0. The Morgan fingerprint density at radius 2 is 0.393 bits per heavy atom. The third-order valence-electron chi connectivity index (χ3n) is 22.1. The molecule has 0 nitrogen and oxygen atoms in total. The van der Waals surface area contributed by atoms with Gasteiger partial charge in [-0.3, -0.25) is 0 Å². The molecule has 0 aliphatic carbocycles. The highest BCUT2D eigenvalue weighted by Gasteiger charge is 2.22. The van der Waals surface area contributed by atoms with Gasteiger partial charge in [0.2, 0.25) is 0 Å². The number of rotatable bonds is 9. The molecule has 0 amide bonds. The van der Waals surface area contributed by atoms with Gasteiger partial charge in [0.1, 0.15) is 0 Å². The van der Waals surface area contributed by atoms with Gasteiger partial charge in [0, 0.05) is 0 Å². The number of fused-ring (bicyclic) bond motifs is 10. The zero-order valence-electron chi connectivity index (χ0n) is 71.0. The Balaban J connectivity index is 0.000000116. The van der Waals surface area contributed by atoms with Crippen molar-refractivity contribution in [1.82, 2.24) is 0 Å². The third-order valence-corrected chi connectivity index (χ3v) is 22.1. The quantitative estimate of drug-likeness (QED) is 0.126. The van der Waals surface area contributed by atoms with Gasteiger partial charge >= 0.3 is 0 Å². The van der Waals surface area contributed by atoms with E-state index in [9.17, 15) is 0 Å². The molecule has 0 spiro atoms. The van der Waals surface area contributed by atoms with Gasteiger partial charge in [0.25, 0.3) is 0 Å². The van der Waals surface area contributed by atoms with Crippen molar-refractivity contribution >= 4 is 108 Å². The first-order valence-corrected chi connectivity index (χ1v) is 38.0. The van der Waals surface area contributed by atoms with Crippen LogP contribution in [0.5, 0.6) is 0 Å². The van der Waals surface area contributed by atoms with Gasteiger partial charge in [-0.2, -0.15) is 0 Å². The second kappa shape index (κ2) is 29.2. The largest absolute Gasteiger partial charge is 0.0629 e. The molecule has 0 radical (unpaired) electrons. The van der Waals surface area contributed by atoms with Crippen molar-refractivity contribution < 1.29 is 13.7 Å². The van der Waals surface area contributed by atoms with Crippen LogP contribution in [-0.2, 0) is 0 Å². The lowest BCUT2D eigenvalue weighted by Crippen LogP contribution is -1.92. The monoisotopic (exact) mass is 1430 g/mol. The standard InChI is InChI=1S/C40H26.2C36H24/c1-2-13-28(14-3-1)39-35-18-6-8-20-37(35)40(38-21-9-7-19-36(38)39)30-24-25-32-29(26-30)16-11-23-34(32)33-22-10-15-27-12-4-5-17-31(27)33;1-3-11-25(12-4-1)27-19-20-29-24-30(22-21-28(29)23-27)36-33-17-9-7-15-31(33)35(26-13-5-2-6-14-26)32-16-8-10-18-34(32)36;1-3-13-25(14-4-1)34-24-28(23-27-17-7-8-18-29(27)34)36-32-21-11-9-19-30(32)35(26-15-5-2-6-16-26)31-20-10-12-22-33(31)36/h1-26H;2*1-24H/i;2D,5D,6D,13D,14D;2D,5D,6D,15D,16D. The van der Waals surface area contributed by atoms with E-state index in [1.807, 2.05) is 97.1 Å². The highest BCUT2D eigenvalue weighted by Crippen LogP contribution is 2.49. The second-order valence-electron chi connectivity index (χ2n) is 28.4. The van der Waals surface area contributed by atoms with Crippen LogP contribution in [0.2, 0.25) is 0 Å². The van der Waals surface area contributed by atoms with Crippen molar-refractivity contribution in [2.75, 3.05) is 0 Å². The highest BCUT2D eigenvalue weighted by atomic mass is 14.3. The molecular weight excluding hydrogens is 1350 g/mol. The fourth-order valence-corrected chi connectivity index (χ4v) is 17.2. The first-order valence-electron chi connectivity index (χ1n) is 43.0. The zero-order chi connectivity index (χ0) is 83.0. The molecule has 0 aliphatic heterocycles. The van der Waals surface area contributed by atoms with Gasteiger partial charge in [-0.25, -0.2) is 0 Å². The molecule has 522 valence electrons. The lowest BCUT2D eigenvalue weighted by molar-refractivity contribution is 1.64. The van der Waals surface area contributed by atoms with Crippen LogP contribution in [0.4, 0.5) is 0 Å². The van der Waals surface area contributed by atoms with Gasteiger partial charge in [0.05, 0.1) is 13.7 Å². The molecule has 0 unspecified atom stereocenters. The molecule has 0 saturated heterocycles. The van der Waals surface area contributed by atoms with Crippen molar-refractivity contribution in [3.05, 3.63) is 449 Å². The first kappa shape index (κ1) is 56.7. The van der Waals surface area contributed by atoms with Gasteiger partial charge in [-0.15, -0.1) is 0 Å². The van der Waals surface area contributed by atoms with Crippen LogP contribution in [0.25, 0.3) is 208 Å². The van der Waals surface area contributed by atoms with Gasteiger partial charge in [-0.1, -0.05) is 418 Å². The van der Waals surface area contributed by atoms with E-state index in [1.165, 1.54) is 93.0 Å². The average Bonchev–Trinajstić information content (AvgIpc) is 0.729. The van der Waals surface area contributed by atoms with Crippen LogP contribution in [0.3, 0.4) is 0 Å². The summed E-state index contributed by atoms with van der Waals surface area (Å²) in [6, 6.07) is 133. The van der Waals surface area contributed by atoms with Crippen molar-refractivity contribution in [1.29, 1.82) is 0 Å². The van der Waals surface area contributed by atoms with E-state index in [4.69, 9.17) is 13.7 Å². The Labute approximate surface area is 666 Å². The lowest BCUT2D eigenvalue weighted by Gasteiger charge is -2.19. The smallest absolute Gasteiger partial charge is 0.0622 e. The van der Waals surface area contributed by atoms with Crippen LogP contribution in [0.15, 0.2) is 449 Å². The molecule has 0 bridgehead atoms. The Bertz CT molecular complexity index is 7770. The van der Waals surface area contributed by atoms with Gasteiger partial charge in [0.15, 0.2) is 0 Å². The molecule has 0 aliphatic rings. The summed E-state index contributed by atoms with van der Waals surface area (Å²) in [5.41, 5.74) is 18.2. The van der Waals surface area contributed by atoms with E-state index in [0.717, 1.165) is 92.6 Å². The van der Waals surface area contributed by atoms with Gasteiger partial charge < -0.3 is 0 Å². The van der Waals surface area contributed by atoms with Crippen LogP contribution in [0, 0.1) is 0 Å². The molecule has 22 aromatic rings. The molecule has 112 heavy (non-hydrogen) atoms. The molecule has 0 atom stereocenters. The van der Waals surface area contributed by atoms with Crippen LogP contribution < -0.4 is 0 Å². The number of benzene rings is 22. The summed E-state index contributed by atoms with van der Waals surface area (Å²) in [4.78, 5) is 0. The predicted octanol–water partition coefficient (Wildman–Crippen LogP) is 31.6. The maximum atomic E-state index is 8.78. The summed E-state index contributed by atoms with van der Waals surface area (Å²) in [5.74, 6) is 0. The van der Waals surface area contributed by atoms with Crippen molar-refractivity contribution in [2.45, 2.75) is 0 Å². The van der Waals surface area contributed by atoms with Crippen LogP contribution in [-0.4, -0.2) is 0 Å². The molecule has 0 heterocycles. The SMILES string of the molecule is [2H]c1c([2H])c([2H])c(-c2c3ccccc3c(-c3cc(-c4ccccc4)c4ccccc4c3)c3ccccc23)c([2H])c1[2H].[2H]c1c([2H])c([2H])c(-c2c3ccccc3c(-c3ccc4cc(-c5ccccc5)ccc4c3)c3ccccc23)c([2H])c1[2H].c1ccc(-c2c3ccccc3c(-c3ccc4c(-c5cccc6ccccc56)cccc4c3)c3ccccc23)cc1. The Kier molecular flexibility index (Phi) is 14.8. The molecule has 22 rings (SSSR count). The van der Waals surface area contributed by atoms with Crippen molar-refractivity contribution in [2.24, 2.45) is 0 Å². The van der Waals surface area contributed by atoms with Crippen LogP contribution in [0.1, 0.15) is 13.7 Å². The minimum atomic E-state index is -0.390. The fourth-order valence-electron chi connectivity index (χ4n) is 17.2. The molecule has 0 saturated carbocycles. The average molecular weight is 1430 g/mol. The highest BCUT2D eigenvalue weighted by molar-refractivity contribution is 6.25. The molecule has 22 aromatic carbocycles. The topological polar surface area (TPSA) is 0 Å². The summed E-state index contributed by atoms with van der Waals surface area (Å²) >= 11 is 0. The maximum absolute atomic E-state index is 8.78. The number of hydrogen-bond acceptors (Lipinski definition) is 0. The second-order valence-corrected chi connectivity index (χ2v) is 28.4. The number of hydrogen-bond donors (Lipinski definition) is 0. The van der Waals surface area contributed by atoms with E-state index in [0.29, 0.717) is 11.1 Å². The minimum Gasteiger partial charge on any atom is -0.0622 e. The van der Waals surface area contributed by atoms with E-state index in [1.54, 1.807) is 0 Å². The molecule has 0 heteroatoms. The Hall–Kier alpha value is -14.6. The first-order chi connectivity index (χ1) is 59.8. The molecule has 0 N–H and O–H groups in total. The summed E-state index contributed by atoms with van der Waals surface area (Å²) in [5, 5.41) is 22.0. The third kappa shape index (κ3) is 12.2. The molecule has 0 aromatic heterocycles. The normalized spacial score (nSPS) is 12.6. The maximum Gasteiger partial charge on any atom is 0.0629 e. The van der Waals surface area contributed by atoms with Crippen molar-refractivity contribution in [3.63, 3.8) is 0 Å². The predicted molar refractivity (Wildman–Crippen MR) is 483 cm³/mol. The minimum absolute atomic E-state index is 0.195. The lowest BCUT2D eigenvalue weighted by atomic mass is 9.84. The van der Waals surface area contributed by atoms with Crippen molar-refractivity contribution in [3.8, 4) is 100 Å². The van der Waals surface area contributed by atoms with Gasteiger partial charge in [-0.05, 0) is 238 Å². The zero-order valence-corrected chi connectivity index (χ0v) is 61.0. The van der Waals surface area contributed by atoms with E-state index >= 15 is 0 Å².